The van der Waals surface area contributed by atoms with Crippen LogP contribution < -0.4 is 5.32 Å². The summed E-state index contributed by atoms with van der Waals surface area (Å²) in [6.45, 7) is 8.50. The molecule has 2 heteroatoms. The predicted molar refractivity (Wildman–Crippen MR) is 71.3 cm³/mol. The van der Waals surface area contributed by atoms with Crippen LogP contribution in [-0.2, 0) is 4.74 Å². The van der Waals surface area contributed by atoms with Gasteiger partial charge < -0.3 is 10.1 Å². The summed E-state index contributed by atoms with van der Waals surface area (Å²) in [5, 5.41) is 3.46. The van der Waals surface area contributed by atoms with Crippen LogP contribution in [0.5, 0.6) is 0 Å². The van der Waals surface area contributed by atoms with Crippen LogP contribution in [0.3, 0.4) is 0 Å². The highest BCUT2D eigenvalue weighted by atomic mass is 16.5. The Kier molecular flexibility index (Phi) is 3.85. The van der Waals surface area contributed by atoms with E-state index < -0.39 is 0 Å². The summed E-state index contributed by atoms with van der Waals surface area (Å²) in [6, 6.07) is 10.7. The van der Waals surface area contributed by atoms with E-state index in [1.807, 2.05) is 0 Å². The van der Waals surface area contributed by atoms with Gasteiger partial charge in [0.15, 0.2) is 0 Å². The van der Waals surface area contributed by atoms with Crippen molar-refractivity contribution < 1.29 is 4.74 Å². The molecule has 1 N–H and O–H groups in total. The minimum absolute atomic E-state index is 0.0284. The van der Waals surface area contributed by atoms with Gasteiger partial charge >= 0.3 is 0 Å². The highest BCUT2D eigenvalue weighted by Crippen LogP contribution is 2.25. The van der Waals surface area contributed by atoms with Gasteiger partial charge in [0.25, 0.3) is 0 Å². The highest BCUT2D eigenvalue weighted by molar-refractivity contribution is 5.18. The molecule has 0 radical (unpaired) electrons. The number of nitrogens with one attached hydrogen (secondary N) is 1. The molecule has 0 bridgehead atoms. The molecule has 1 saturated heterocycles. The lowest BCUT2D eigenvalue weighted by Gasteiger charge is -2.37. The molecule has 1 fully saturated rings. The first-order chi connectivity index (χ1) is 8.07. The third-order valence-electron chi connectivity index (χ3n) is 3.39. The molecule has 0 spiro atoms. The third kappa shape index (κ3) is 3.55. The molecular formula is C15H23NO. The Labute approximate surface area is 104 Å². The maximum Gasteiger partial charge on any atom is 0.0754 e. The van der Waals surface area contributed by atoms with E-state index in [0.29, 0.717) is 12.0 Å². The first-order valence-corrected chi connectivity index (χ1v) is 6.50. The first-order valence-electron chi connectivity index (χ1n) is 6.50. The average Bonchev–Trinajstić information content (AvgIpc) is 2.29. The number of benzene rings is 1. The van der Waals surface area contributed by atoms with E-state index >= 15 is 0 Å². The lowest BCUT2D eigenvalue weighted by molar-refractivity contribution is -0.0978. The van der Waals surface area contributed by atoms with Crippen LogP contribution in [0.25, 0.3) is 0 Å². The van der Waals surface area contributed by atoms with Crippen molar-refractivity contribution in [2.75, 3.05) is 13.1 Å². The Morgan fingerprint density at radius 3 is 2.71 bits per heavy atom. The smallest absolute Gasteiger partial charge is 0.0754 e. The zero-order valence-electron chi connectivity index (χ0n) is 11.1. The van der Waals surface area contributed by atoms with Gasteiger partial charge in [0.05, 0.1) is 11.7 Å². The molecule has 1 aromatic carbocycles. The molecule has 2 unspecified atom stereocenters. The van der Waals surface area contributed by atoms with Gasteiger partial charge in [-0.15, -0.1) is 0 Å². The van der Waals surface area contributed by atoms with E-state index in [4.69, 9.17) is 4.74 Å². The molecule has 0 saturated carbocycles. The maximum absolute atomic E-state index is 6.10. The standard InChI is InChI=1S/C15H23NO/c1-12(13-7-5-4-6-8-13)9-14-10-16-11-15(2,3)17-14/h4-8,12,14,16H,9-11H2,1-3H3. The molecule has 1 aliphatic heterocycles. The van der Waals surface area contributed by atoms with Crippen LogP contribution in [0.15, 0.2) is 30.3 Å². The van der Waals surface area contributed by atoms with Crippen molar-refractivity contribution in [1.29, 1.82) is 0 Å². The number of hydrogen-bond donors (Lipinski definition) is 1. The van der Waals surface area contributed by atoms with Gasteiger partial charge in [-0.1, -0.05) is 37.3 Å². The van der Waals surface area contributed by atoms with Gasteiger partial charge in [-0.05, 0) is 31.7 Å². The zero-order valence-corrected chi connectivity index (χ0v) is 11.1. The topological polar surface area (TPSA) is 21.3 Å². The quantitative estimate of drug-likeness (QED) is 0.866. The lowest BCUT2D eigenvalue weighted by Crippen LogP contribution is -2.50. The van der Waals surface area contributed by atoms with E-state index in [-0.39, 0.29) is 5.60 Å². The van der Waals surface area contributed by atoms with Crippen LogP contribution in [-0.4, -0.2) is 24.8 Å². The monoisotopic (exact) mass is 233 g/mol. The predicted octanol–water partition coefficient (Wildman–Crippen LogP) is 2.95. The third-order valence-corrected chi connectivity index (χ3v) is 3.39. The number of morpholine rings is 1. The normalized spacial score (nSPS) is 25.5. The summed E-state index contributed by atoms with van der Waals surface area (Å²) in [4.78, 5) is 0. The molecule has 2 atom stereocenters. The van der Waals surface area contributed by atoms with Crippen LogP contribution in [0, 0.1) is 0 Å². The zero-order chi connectivity index (χ0) is 12.3. The summed E-state index contributed by atoms with van der Waals surface area (Å²) in [7, 11) is 0. The van der Waals surface area contributed by atoms with Gasteiger partial charge in [0.2, 0.25) is 0 Å². The fourth-order valence-corrected chi connectivity index (χ4v) is 2.51. The average molecular weight is 233 g/mol. The minimum atomic E-state index is -0.0284. The van der Waals surface area contributed by atoms with Crippen molar-refractivity contribution in [2.24, 2.45) is 0 Å². The van der Waals surface area contributed by atoms with E-state index in [0.717, 1.165) is 19.5 Å². The van der Waals surface area contributed by atoms with Crippen molar-refractivity contribution in [2.45, 2.75) is 44.8 Å². The Morgan fingerprint density at radius 2 is 2.06 bits per heavy atom. The molecule has 2 rings (SSSR count). The molecule has 94 valence electrons. The number of hydrogen-bond acceptors (Lipinski definition) is 2. The van der Waals surface area contributed by atoms with Crippen molar-refractivity contribution >= 4 is 0 Å². The molecule has 0 amide bonds. The van der Waals surface area contributed by atoms with Crippen LogP contribution >= 0.6 is 0 Å². The summed E-state index contributed by atoms with van der Waals surface area (Å²) >= 11 is 0. The van der Waals surface area contributed by atoms with Crippen molar-refractivity contribution in [3.05, 3.63) is 35.9 Å². The SMILES string of the molecule is CC(CC1CNCC(C)(C)O1)c1ccccc1. The van der Waals surface area contributed by atoms with E-state index in [1.165, 1.54) is 5.56 Å². The van der Waals surface area contributed by atoms with Gasteiger partial charge in [-0.3, -0.25) is 0 Å². The van der Waals surface area contributed by atoms with Crippen molar-refractivity contribution in [3.8, 4) is 0 Å². The number of ether oxygens (including phenoxy) is 1. The first kappa shape index (κ1) is 12.6. The minimum Gasteiger partial charge on any atom is -0.370 e. The molecule has 1 aliphatic rings. The number of rotatable bonds is 3. The molecule has 17 heavy (non-hydrogen) atoms. The Morgan fingerprint density at radius 1 is 1.35 bits per heavy atom. The molecule has 0 aliphatic carbocycles. The molecular weight excluding hydrogens is 210 g/mol. The van der Waals surface area contributed by atoms with Gasteiger partial charge in [-0.2, -0.15) is 0 Å². The molecule has 0 aromatic heterocycles. The molecule has 2 nitrogen and oxygen atoms in total. The Bertz CT molecular complexity index is 347. The summed E-state index contributed by atoms with van der Waals surface area (Å²) in [6.07, 6.45) is 1.41. The second-order valence-corrected chi connectivity index (χ2v) is 5.68. The van der Waals surface area contributed by atoms with E-state index in [1.54, 1.807) is 0 Å². The fourth-order valence-electron chi connectivity index (χ4n) is 2.51. The molecule has 1 heterocycles. The van der Waals surface area contributed by atoms with Crippen molar-refractivity contribution in [1.82, 2.24) is 5.32 Å². The summed E-state index contributed by atoms with van der Waals surface area (Å²) < 4.78 is 6.10. The van der Waals surface area contributed by atoms with E-state index in [2.05, 4.69) is 56.4 Å². The second kappa shape index (κ2) is 5.19. The van der Waals surface area contributed by atoms with Crippen LogP contribution in [0.4, 0.5) is 0 Å². The maximum atomic E-state index is 6.10. The Hall–Kier alpha value is -0.860. The van der Waals surface area contributed by atoms with Gasteiger partial charge in [0.1, 0.15) is 0 Å². The van der Waals surface area contributed by atoms with Gasteiger partial charge in [0, 0.05) is 13.1 Å². The Balaban J connectivity index is 1.93. The fraction of sp³-hybridized carbons (Fsp3) is 0.600. The van der Waals surface area contributed by atoms with Crippen LogP contribution in [0.1, 0.15) is 38.7 Å². The summed E-state index contributed by atoms with van der Waals surface area (Å²) in [5.41, 5.74) is 1.37. The highest BCUT2D eigenvalue weighted by Gasteiger charge is 2.29. The van der Waals surface area contributed by atoms with Crippen LogP contribution in [0.2, 0.25) is 0 Å². The molecule has 1 aromatic rings. The van der Waals surface area contributed by atoms with E-state index in [9.17, 15) is 0 Å². The summed E-state index contributed by atoms with van der Waals surface area (Å²) in [5.74, 6) is 0.553. The second-order valence-electron chi connectivity index (χ2n) is 5.68. The van der Waals surface area contributed by atoms with Crippen molar-refractivity contribution in [3.63, 3.8) is 0 Å². The lowest BCUT2D eigenvalue weighted by atomic mass is 9.93. The largest absolute Gasteiger partial charge is 0.370 e. The van der Waals surface area contributed by atoms with Gasteiger partial charge in [-0.25, -0.2) is 0 Å².